The van der Waals surface area contributed by atoms with Crippen molar-refractivity contribution in [1.82, 2.24) is 0 Å². The minimum atomic E-state index is -0.636. The van der Waals surface area contributed by atoms with Gasteiger partial charge in [0.15, 0.2) is 0 Å². The molecule has 0 radical (unpaired) electrons. The minimum absolute atomic E-state index is 0.224. The maximum absolute atomic E-state index is 10.7. The normalized spacial score (nSPS) is 10.0. The van der Waals surface area contributed by atoms with Crippen molar-refractivity contribution < 1.29 is 38.7 Å². The number of Topliss-reactive ketones (excluding diaryl/α,β-unsaturated/α-hetero) is 2. The van der Waals surface area contributed by atoms with E-state index < -0.39 is 11.9 Å². The molecule has 0 heterocycles. The summed E-state index contributed by atoms with van der Waals surface area (Å²) in [5, 5.41) is 0. The van der Waals surface area contributed by atoms with Gasteiger partial charge < -0.3 is 0 Å². The third kappa shape index (κ3) is 22.5. The lowest BCUT2D eigenvalue weighted by molar-refractivity contribution is -0.276. The zero-order chi connectivity index (χ0) is 19.1. The summed E-state index contributed by atoms with van der Waals surface area (Å²) in [6.07, 6.45) is -0.448. The van der Waals surface area contributed by atoms with Gasteiger partial charge in [0.05, 0.1) is 13.2 Å². The monoisotopic (exact) mass is 348 g/mol. The third-order valence-corrected chi connectivity index (χ3v) is 1.89. The fourth-order valence-electron chi connectivity index (χ4n) is 0.937. The van der Waals surface area contributed by atoms with E-state index in [4.69, 9.17) is 0 Å². The Balaban J connectivity index is 0. The zero-order valence-electron chi connectivity index (χ0n) is 15.2. The molecule has 0 aliphatic carbocycles. The summed E-state index contributed by atoms with van der Waals surface area (Å²) in [7, 11) is 0. The smallest absolute Gasteiger partial charge is 0.299 e. The second-order valence-electron chi connectivity index (χ2n) is 6.02. The van der Waals surface area contributed by atoms with Crippen LogP contribution in [0, 0.1) is 11.8 Å². The number of carbonyl (C=O) groups is 4. The molecule has 0 aromatic rings. The molecule has 0 bridgehead atoms. The Morgan fingerprint density at radius 3 is 1.17 bits per heavy atom. The van der Waals surface area contributed by atoms with Crippen molar-refractivity contribution in [2.75, 3.05) is 13.2 Å². The van der Waals surface area contributed by atoms with Crippen LogP contribution < -0.4 is 0 Å². The van der Waals surface area contributed by atoms with E-state index in [0.717, 1.165) is 0 Å². The van der Waals surface area contributed by atoms with Crippen LogP contribution in [0.1, 0.15) is 54.4 Å². The van der Waals surface area contributed by atoms with Gasteiger partial charge in [0.25, 0.3) is 0 Å². The molecule has 24 heavy (non-hydrogen) atoms. The first-order chi connectivity index (χ1) is 11.0. The van der Waals surface area contributed by atoms with Crippen LogP contribution in [-0.4, -0.2) is 36.7 Å². The Hall–Kier alpha value is -1.80. The van der Waals surface area contributed by atoms with E-state index in [2.05, 4.69) is 19.6 Å². The van der Waals surface area contributed by atoms with Gasteiger partial charge in [0.1, 0.15) is 24.4 Å². The van der Waals surface area contributed by atoms with Crippen LogP contribution in [0.3, 0.4) is 0 Å². The first-order valence-corrected chi connectivity index (χ1v) is 7.68. The molecule has 140 valence electrons. The summed E-state index contributed by atoms with van der Waals surface area (Å²) in [6.45, 7) is 11.1. The average molecular weight is 348 g/mol. The van der Waals surface area contributed by atoms with Crippen molar-refractivity contribution in [2.24, 2.45) is 11.8 Å². The summed E-state index contributed by atoms with van der Waals surface area (Å²) in [5.74, 6) is -1.13. The minimum Gasteiger partial charge on any atom is -0.299 e. The van der Waals surface area contributed by atoms with Gasteiger partial charge in [-0.2, -0.15) is 9.78 Å². The molecular formula is C16H28O8. The first-order valence-electron chi connectivity index (χ1n) is 7.68. The van der Waals surface area contributed by atoms with Crippen molar-refractivity contribution >= 4 is 23.5 Å². The Morgan fingerprint density at radius 2 is 0.958 bits per heavy atom. The Bertz CT molecular complexity index is 363. The Morgan fingerprint density at radius 1 is 0.667 bits per heavy atom. The number of carbonyl (C=O) groups excluding carboxylic acids is 4. The summed E-state index contributed by atoms with van der Waals surface area (Å²) in [6, 6.07) is 0. The molecule has 0 rings (SSSR count). The highest BCUT2D eigenvalue weighted by molar-refractivity contribution is 5.94. The lowest BCUT2D eigenvalue weighted by Crippen LogP contribution is -2.11. The number of hydrogen-bond donors (Lipinski definition) is 0. The predicted molar refractivity (Wildman–Crippen MR) is 84.4 cm³/mol. The van der Waals surface area contributed by atoms with Crippen molar-refractivity contribution in [3.05, 3.63) is 0 Å². The fourth-order valence-corrected chi connectivity index (χ4v) is 0.937. The highest BCUT2D eigenvalue weighted by Gasteiger charge is 2.08. The number of rotatable bonds is 10. The molecule has 0 unspecified atom stereocenters. The Labute approximate surface area is 142 Å². The maximum Gasteiger partial charge on any atom is 0.349 e. The molecule has 0 aliphatic rings. The summed E-state index contributed by atoms with van der Waals surface area (Å²) in [5.41, 5.74) is 0. The van der Waals surface area contributed by atoms with E-state index in [9.17, 15) is 19.2 Å². The van der Waals surface area contributed by atoms with E-state index in [1.807, 2.05) is 27.7 Å². The van der Waals surface area contributed by atoms with Gasteiger partial charge in [-0.1, -0.05) is 27.7 Å². The molecule has 0 saturated heterocycles. The highest BCUT2D eigenvalue weighted by atomic mass is 17.2. The van der Waals surface area contributed by atoms with Crippen LogP contribution in [0.15, 0.2) is 0 Å². The lowest BCUT2D eigenvalue weighted by Gasteiger charge is -2.04. The summed E-state index contributed by atoms with van der Waals surface area (Å²) in [4.78, 5) is 59.8. The topological polar surface area (TPSA) is 105 Å². The molecule has 0 fully saturated rings. The lowest BCUT2D eigenvalue weighted by atomic mass is 10.2. The van der Waals surface area contributed by atoms with E-state index in [-0.39, 0.29) is 24.4 Å². The second-order valence-corrected chi connectivity index (χ2v) is 6.02. The van der Waals surface area contributed by atoms with E-state index in [1.165, 1.54) is 13.8 Å². The van der Waals surface area contributed by atoms with Crippen molar-refractivity contribution in [2.45, 2.75) is 54.4 Å². The molecule has 0 N–H and O–H groups in total. The molecule has 0 atom stereocenters. The van der Waals surface area contributed by atoms with E-state index in [1.54, 1.807) is 0 Å². The van der Waals surface area contributed by atoms with Crippen molar-refractivity contribution in [3.8, 4) is 0 Å². The first kappa shape index (κ1) is 24.5. The van der Waals surface area contributed by atoms with Crippen LogP contribution in [0.4, 0.5) is 0 Å². The van der Waals surface area contributed by atoms with Crippen LogP contribution in [-0.2, 0) is 38.7 Å². The van der Waals surface area contributed by atoms with Crippen molar-refractivity contribution in [1.29, 1.82) is 0 Å². The summed E-state index contributed by atoms with van der Waals surface area (Å²) >= 11 is 0. The second kappa shape index (κ2) is 14.8. The number of ketones is 2. The summed E-state index contributed by atoms with van der Waals surface area (Å²) < 4.78 is 0. The van der Waals surface area contributed by atoms with Crippen LogP contribution in [0.5, 0.6) is 0 Å². The van der Waals surface area contributed by atoms with Crippen LogP contribution in [0.25, 0.3) is 0 Å². The molecule has 8 nitrogen and oxygen atoms in total. The van der Waals surface area contributed by atoms with Gasteiger partial charge >= 0.3 is 11.9 Å². The van der Waals surface area contributed by atoms with Gasteiger partial charge in [0, 0.05) is 0 Å². The largest absolute Gasteiger partial charge is 0.349 e. The third-order valence-electron chi connectivity index (χ3n) is 1.89. The standard InChI is InChI=1S/2C8H14O4/c2*1-6(2)5-11-12-8(10)4-7(3)9/h2*6H,4-5H2,1-3H3. The molecule has 8 heteroatoms. The highest BCUT2D eigenvalue weighted by Crippen LogP contribution is 1.96. The van der Waals surface area contributed by atoms with E-state index in [0.29, 0.717) is 25.0 Å². The molecule has 0 spiro atoms. The fraction of sp³-hybridized carbons (Fsp3) is 0.750. The average Bonchev–Trinajstić information content (AvgIpc) is 2.36. The van der Waals surface area contributed by atoms with Crippen molar-refractivity contribution in [3.63, 3.8) is 0 Å². The molecule has 0 saturated carbocycles. The maximum atomic E-state index is 10.7. The predicted octanol–water partition coefficient (Wildman–Crippen LogP) is 2.19. The van der Waals surface area contributed by atoms with Gasteiger partial charge in [-0.3, -0.25) is 19.4 Å². The number of hydrogen-bond acceptors (Lipinski definition) is 8. The zero-order valence-corrected chi connectivity index (χ0v) is 15.2. The van der Waals surface area contributed by atoms with Gasteiger partial charge in [-0.05, 0) is 25.7 Å². The molecular weight excluding hydrogens is 320 g/mol. The molecule has 0 aliphatic heterocycles. The molecule has 0 aromatic heterocycles. The van der Waals surface area contributed by atoms with Crippen LogP contribution in [0.2, 0.25) is 0 Å². The van der Waals surface area contributed by atoms with E-state index >= 15 is 0 Å². The molecule has 0 amide bonds. The van der Waals surface area contributed by atoms with Crippen LogP contribution >= 0.6 is 0 Å². The van der Waals surface area contributed by atoms with Gasteiger partial charge in [-0.15, -0.1) is 0 Å². The van der Waals surface area contributed by atoms with Gasteiger partial charge in [0.2, 0.25) is 0 Å². The SMILES string of the molecule is CC(=O)CC(=O)OOCC(C)C.CC(=O)CC(=O)OOCC(C)C. The Kier molecular flexibility index (Phi) is 15.0. The quantitative estimate of drug-likeness (QED) is 0.336. The molecule has 0 aromatic carbocycles. The van der Waals surface area contributed by atoms with Gasteiger partial charge in [-0.25, -0.2) is 9.59 Å².